The van der Waals surface area contributed by atoms with Gasteiger partial charge in [-0.3, -0.25) is 95.9 Å². The highest BCUT2D eigenvalue weighted by Crippen LogP contribution is 2.24. The lowest BCUT2D eigenvalue weighted by Gasteiger charge is -2.32. The molecule has 2 aliphatic rings. The summed E-state index contributed by atoms with van der Waals surface area (Å²) in [6.45, 7) is 18.9. The molecular weight excluding hydrogens is 1790 g/mol. The number of nitrogens with one attached hydrogen (secondary N) is 17. The van der Waals surface area contributed by atoms with E-state index in [1.54, 1.807) is 41.5 Å². The first kappa shape index (κ1) is 117. The topological polar surface area (TPSA) is 814 Å². The van der Waals surface area contributed by atoms with Gasteiger partial charge in [-0.1, -0.05) is 68.2 Å². The van der Waals surface area contributed by atoms with E-state index in [1.165, 1.54) is 47.1 Å². The minimum atomic E-state index is -2.04. The fraction of sp³-hybridized carbons (Fsp3) is 0.711. The Hall–Kier alpha value is -12.2. The first-order valence-corrected chi connectivity index (χ1v) is 44.5. The van der Waals surface area contributed by atoms with Crippen molar-refractivity contribution in [2.24, 2.45) is 29.4 Å². The molecule has 135 heavy (non-hydrogen) atoms. The van der Waals surface area contributed by atoms with Crippen molar-refractivity contribution in [1.82, 2.24) is 105 Å². The van der Waals surface area contributed by atoms with Gasteiger partial charge in [-0.25, -0.2) is 9.78 Å². The average molecular weight is 1930 g/mol. The maximum atomic E-state index is 14.5. The van der Waals surface area contributed by atoms with Crippen molar-refractivity contribution in [1.29, 1.82) is 0 Å². The lowest BCUT2D eigenvalue weighted by molar-refractivity contribution is -0.145. The second kappa shape index (κ2) is 55.6. The summed E-state index contributed by atoms with van der Waals surface area (Å²) in [5.74, 6) is -26.5. The lowest BCUT2D eigenvalue weighted by Crippen LogP contribution is -2.64. The van der Waals surface area contributed by atoms with Gasteiger partial charge in [0.25, 0.3) is 0 Å². The monoisotopic (exact) mass is 1920 g/mol. The minimum absolute atomic E-state index is 0.0695. The average Bonchev–Trinajstić information content (AvgIpc) is 1.64. The van der Waals surface area contributed by atoms with Gasteiger partial charge in [-0.2, -0.15) is 0 Å². The second-order valence-electron chi connectivity index (χ2n) is 34.6. The fourth-order valence-corrected chi connectivity index (χ4v) is 14.1. The molecule has 26 atom stereocenters. The lowest BCUT2D eigenvalue weighted by atomic mass is 9.96. The molecule has 3 rings (SSSR count). The van der Waals surface area contributed by atoms with E-state index in [0.29, 0.717) is 12.8 Å². The number of carboxylic acids is 3. The summed E-state index contributed by atoms with van der Waals surface area (Å²) in [5, 5.41) is 141. The van der Waals surface area contributed by atoms with Crippen LogP contribution in [0.5, 0.6) is 0 Å². The highest BCUT2D eigenvalue weighted by atomic mass is 16.4. The van der Waals surface area contributed by atoms with Gasteiger partial charge in [-0.05, 0) is 118 Å². The first-order valence-electron chi connectivity index (χ1n) is 44.5. The number of aliphatic carboxylic acids is 3. The molecule has 0 radical (unpaired) electrons. The molecule has 760 valence electrons. The Morgan fingerprint density at radius 3 is 1.10 bits per heavy atom. The maximum absolute atomic E-state index is 14.5. The highest BCUT2D eigenvalue weighted by Gasteiger charge is 2.46. The van der Waals surface area contributed by atoms with E-state index in [0.717, 1.165) is 44.4 Å². The van der Waals surface area contributed by atoms with Crippen molar-refractivity contribution in [3.05, 3.63) is 18.2 Å². The summed E-state index contributed by atoms with van der Waals surface area (Å²) in [6.07, 6.45) is -8.65. The number of aliphatic hydroxyl groups excluding tert-OH is 7. The molecular formula is C83H137N21O31. The van der Waals surface area contributed by atoms with Gasteiger partial charge >= 0.3 is 17.9 Å². The van der Waals surface area contributed by atoms with E-state index in [9.17, 15) is 152 Å². The zero-order valence-corrected chi connectivity index (χ0v) is 78.4. The SMILES string of the molecule is CC[C@H](C)[C@H](NC(=O)[C@H](C)NC(=O)[C@H](CCC(=O)O)NC(=O)[C@@H](NC(=O)[C@@H](NC(=O)[C@@H]1CCCN1C(=O)[C@@H](NC(=O)[C@H](CO)NC(=O)[C@H](Cc1cnc[nH]1)NC(=O)[C@@H](NC(=O)[C@@H](NC(=O)[C@@H]1CCCN1C(=O)[C@H](CCC(=O)O)NC(=O)[C@H](C)NC(=O)[C@H](CO)NC(=O)[C@H](C)NC(=O)[C@@H](NC(=O)[C@@H](N)[C@@H](C)O)[C@@H](C)CC)[C@@H](C)O)C(C)C)[C@@H](C)O)[C@@H](C)O)[C@@H](C)O)C(=O)N[C@H](C(=O)O)C(C)C. The van der Waals surface area contributed by atoms with Crippen molar-refractivity contribution < 1.29 is 152 Å². The smallest absolute Gasteiger partial charge is 0.326 e. The normalized spacial score (nSPS) is 19.0. The number of aromatic amines is 1. The minimum Gasteiger partial charge on any atom is -0.481 e. The van der Waals surface area contributed by atoms with Crippen molar-refractivity contribution in [3.63, 3.8) is 0 Å². The van der Waals surface area contributed by atoms with Crippen LogP contribution in [0.4, 0.5) is 0 Å². The summed E-state index contributed by atoms with van der Waals surface area (Å²) in [5.41, 5.74) is 5.92. The van der Waals surface area contributed by atoms with Gasteiger partial charge in [0.2, 0.25) is 106 Å². The van der Waals surface area contributed by atoms with Crippen LogP contribution in [0.25, 0.3) is 0 Å². The first-order chi connectivity index (χ1) is 63.0. The van der Waals surface area contributed by atoms with Crippen LogP contribution in [0.15, 0.2) is 12.5 Å². The predicted molar refractivity (Wildman–Crippen MR) is 470 cm³/mol. The Balaban J connectivity index is 1.79. The Labute approximate surface area is 778 Å². The van der Waals surface area contributed by atoms with Crippen molar-refractivity contribution >= 4 is 124 Å². The number of hydrogen-bond acceptors (Lipinski definition) is 30. The van der Waals surface area contributed by atoms with E-state index in [4.69, 9.17) is 5.73 Å². The molecule has 52 heteroatoms. The molecule has 0 unspecified atom stereocenters. The Bertz CT molecular complexity index is 4290. The van der Waals surface area contributed by atoms with Crippen LogP contribution in [0.3, 0.4) is 0 Å². The summed E-state index contributed by atoms with van der Waals surface area (Å²) in [4.78, 5) is 294. The van der Waals surface area contributed by atoms with Gasteiger partial charge in [0.15, 0.2) is 0 Å². The largest absolute Gasteiger partial charge is 0.481 e. The molecule has 1 aromatic rings. The molecule has 0 bridgehead atoms. The Morgan fingerprint density at radius 1 is 0.370 bits per heavy atom. The van der Waals surface area contributed by atoms with Crippen LogP contribution in [-0.4, -0.2) is 367 Å². The van der Waals surface area contributed by atoms with Crippen molar-refractivity contribution in [2.45, 2.75) is 327 Å². The fourth-order valence-electron chi connectivity index (χ4n) is 14.1. The molecule has 0 aromatic carbocycles. The number of carboxylic acid groups (broad SMARTS) is 3. The number of hydrogen-bond donors (Lipinski definition) is 28. The third-order valence-electron chi connectivity index (χ3n) is 22.8. The quantitative estimate of drug-likeness (QED) is 0.0288. The van der Waals surface area contributed by atoms with E-state index >= 15 is 0 Å². The standard InChI is InChI=1S/C83H137N21O31/c1-17-36(7)59(98-74(125)56(84)41(12)107)76(127)89-39(10)66(117)93-50(31-105)70(121)88-38(9)65(116)91-48(24-26-55(114)115)81(132)103-27-19-21-52(103)72(123)99-62(43(14)109)79(130)95-57(34(3)4)75(126)92-49(29-46-30-85-33-86-46)69(120)94-51(32-106)71(122)102-64(45(16)111)82(133)104-28-20-22-53(104)73(124)100-63(44(15)110)80(131)101-61(42(13)108)78(129)90-47(23-25-54(112)113)68(119)87-40(11)67(118)97-60(37(8)18-2)77(128)96-58(35(5)6)83(134)135/h30,33-45,47-53,56-64,105-111H,17-29,31-32,84H2,1-16H3,(H,85,86)(H,87,119)(H,88,121)(H,89,127)(H,90,129)(H,91,116)(H,92,126)(H,93,117)(H,94,120)(H,95,130)(H,96,128)(H,97,118)(H,98,125)(H,99,123)(H,100,124)(H,101,131)(H,102,122)(H,112,113)(H,114,115)(H,134,135)/t36-,37-,38-,39-,40-,41+,42+,43+,44+,45+,47-,48-,49-,50-,51-,52-,53-,56-,57-,58-,59-,60-,61-,62-,63-,64-/m0/s1. The summed E-state index contributed by atoms with van der Waals surface area (Å²) >= 11 is 0. The molecule has 18 amide bonds. The molecule has 0 spiro atoms. The molecule has 52 nitrogen and oxygen atoms in total. The number of imidazole rings is 1. The van der Waals surface area contributed by atoms with Crippen LogP contribution in [0.1, 0.15) is 181 Å². The van der Waals surface area contributed by atoms with Gasteiger partial charge in [0, 0.05) is 44.2 Å². The number of aromatic nitrogens is 2. The number of rotatable bonds is 56. The summed E-state index contributed by atoms with van der Waals surface area (Å²) in [7, 11) is 0. The summed E-state index contributed by atoms with van der Waals surface area (Å²) in [6, 6.07) is -31.4. The number of likely N-dealkylation sites (tertiary alicyclic amines) is 2. The number of carbonyl (C=O) groups is 21. The molecule has 29 N–H and O–H groups in total. The molecule has 1 aromatic heterocycles. The van der Waals surface area contributed by atoms with Crippen molar-refractivity contribution in [2.75, 3.05) is 26.3 Å². The van der Waals surface area contributed by atoms with Gasteiger partial charge in [0.05, 0.1) is 50.1 Å². The number of aliphatic hydroxyl groups is 7. The van der Waals surface area contributed by atoms with Crippen LogP contribution in [0.2, 0.25) is 0 Å². The third kappa shape index (κ3) is 35.8. The maximum Gasteiger partial charge on any atom is 0.326 e. The second-order valence-corrected chi connectivity index (χ2v) is 34.6. The predicted octanol–water partition coefficient (Wildman–Crippen LogP) is -10.8. The van der Waals surface area contributed by atoms with E-state index in [1.807, 2.05) is 0 Å². The molecule has 3 heterocycles. The van der Waals surface area contributed by atoms with Crippen molar-refractivity contribution in [3.8, 4) is 0 Å². The molecule has 0 saturated carbocycles. The number of H-pyrrole nitrogens is 1. The highest BCUT2D eigenvalue weighted by molar-refractivity contribution is 6.02. The number of nitrogens with zero attached hydrogens (tertiary/aromatic N) is 3. The molecule has 2 fully saturated rings. The molecule has 0 aliphatic carbocycles. The van der Waals surface area contributed by atoms with Crippen LogP contribution in [0, 0.1) is 23.7 Å². The summed E-state index contributed by atoms with van der Waals surface area (Å²) < 4.78 is 0. The van der Waals surface area contributed by atoms with Gasteiger partial charge in [0.1, 0.15) is 115 Å². The Morgan fingerprint density at radius 2 is 0.689 bits per heavy atom. The number of carbonyl (C=O) groups excluding carboxylic acids is 18. The molecule has 2 saturated heterocycles. The third-order valence-corrected chi connectivity index (χ3v) is 22.8. The number of amides is 18. The zero-order valence-electron chi connectivity index (χ0n) is 78.4. The Kier molecular flexibility index (Phi) is 48.1. The van der Waals surface area contributed by atoms with Crippen LogP contribution in [-0.2, 0) is 107 Å². The van der Waals surface area contributed by atoms with Gasteiger partial charge < -0.3 is 157 Å². The van der Waals surface area contributed by atoms with Gasteiger partial charge in [-0.15, -0.1) is 0 Å². The number of nitrogens with two attached hydrogens (primary N) is 1. The van der Waals surface area contributed by atoms with Crippen LogP contribution >= 0.6 is 0 Å². The zero-order chi connectivity index (χ0) is 103. The molecule has 2 aliphatic heterocycles. The van der Waals surface area contributed by atoms with Crippen LogP contribution < -0.4 is 90.8 Å². The van der Waals surface area contributed by atoms with E-state index in [-0.39, 0.29) is 44.5 Å². The van der Waals surface area contributed by atoms with E-state index in [2.05, 4.69) is 95.0 Å². The van der Waals surface area contributed by atoms with E-state index < -0.39 is 339 Å².